The Hall–Kier alpha value is -2.70. The highest BCUT2D eigenvalue weighted by atomic mass is 16.5. The molecule has 1 fully saturated rings. The molecule has 0 unspecified atom stereocenters. The highest BCUT2D eigenvalue weighted by molar-refractivity contribution is 5.81. The maximum absolute atomic E-state index is 12.4. The summed E-state index contributed by atoms with van der Waals surface area (Å²) < 4.78 is 6.30. The fourth-order valence-corrected chi connectivity index (χ4v) is 3.53. The summed E-state index contributed by atoms with van der Waals surface area (Å²) in [5, 5.41) is 0.440. The van der Waals surface area contributed by atoms with Crippen molar-refractivity contribution in [3.8, 4) is 0 Å². The highest BCUT2D eigenvalue weighted by Gasteiger charge is 2.29. The lowest BCUT2D eigenvalue weighted by Crippen LogP contribution is -2.49. The second kappa shape index (κ2) is 7.68. The summed E-state index contributed by atoms with van der Waals surface area (Å²) >= 11 is 0. The molecule has 1 aromatic carbocycles. The third-order valence-corrected chi connectivity index (χ3v) is 4.87. The zero-order valence-corrected chi connectivity index (χ0v) is 15.1. The fraction of sp³-hybridized carbons (Fsp3) is 0.474. The molecule has 138 valence electrons. The number of hydrogen-bond donors (Lipinski definition) is 0. The molecule has 0 N–H and O–H groups in total. The molecular weight excluding hydrogens is 334 g/mol. The van der Waals surface area contributed by atoms with Gasteiger partial charge in [-0.2, -0.15) is 0 Å². The lowest BCUT2D eigenvalue weighted by molar-refractivity contribution is -0.155. The van der Waals surface area contributed by atoms with Crippen LogP contribution in [0.2, 0.25) is 0 Å². The van der Waals surface area contributed by atoms with E-state index in [9.17, 15) is 14.4 Å². The molecule has 26 heavy (non-hydrogen) atoms. The Kier molecular flexibility index (Phi) is 5.35. The van der Waals surface area contributed by atoms with Gasteiger partial charge in [-0.15, -0.1) is 0 Å². The van der Waals surface area contributed by atoms with Crippen molar-refractivity contribution in [1.82, 2.24) is 14.5 Å². The minimum absolute atomic E-state index is 0.150. The Morgan fingerprint density at radius 1 is 1.19 bits per heavy atom. The average molecular weight is 357 g/mol. The number of ether oxygens (including phenoxy) is 1. The largest absolute Gasteiger partial charge is 0.454 e. The minimum atomic E-state index is -0.630. The molecule has 1 saturated heterocycles. The summed E-state index contributed by atoms with van der Waals surface area (Å²) in [6.45, 7) is 3.45. The Labute approximate surface area is 151 Å². The average Bonchev–Trinajstić information content (AvgIpc) is 2.62. The van der Waals surface area contributed by atoms with Crippen LogP contribution in [-0.2, 0) is 20.9 Å². The molecule has 1 aliphatic rings. The van der Waals surface area contributed by atoms with E-state index in [1.165, 1.54) is 10.9 Å². The standard InChI is InChI=1S/C19H23N3O4/c1-13-6-5-7-14(2)22(13)17(23)11-26-18(24)10-21-12-20-16-9-4-3-8-15(16)19(21)25/h3-4,8-9,12-14H,5-7,10-11H2,1-2H3/t13-,14-/m1/s1. The van der Waals surface area contributed by atoms with Gasteiger partial charge in [0.15, 0.2) is 6.61 Å². The van der Waals surface area contributed by atoms with Crippen LogP contribution in [0.1, 0.15) is 33.1 Å². The second-order valence-electron chi connectivity index (χ2n) is 6.79. The molecule has 2 aromatic rings. The molecule has 2 heterocycles. The molecular formula is C19H23N3O4. The zero-order chi connectivity index (χ0) is 18.7. The highest BCUT2D eigenvalue weighted by Crippen LogP contribution is 2.22. The Morgan fingerprint density at radius 2 is 1.88 bits per heavy atom. The molecule has 1 aliphatic heterocycles. The fourth-order valence-electron chi connectivity index (χ4n) is 3.53. The molecule has 2 atom stereocenters. The van der Waals surface area contributed by atoms with Crippen molar-refractivity contribution in [3.05, 3.63) is 40.9 Å². The van der Waals surface area contributed by atoms with E-state index < -0.39 is 5.97 Å². The van der Waals surface area contributed by atoms with Gasteiger partial charge in [0, 0.05) is 12.1 Å². The van der Waals surface area contributed by atoms with Gasteiger partial charge in [0.25, 0.3) is 11.5 Å². The van der Waals surface area contributed by atoms with E-state index in [1.54, 1.807) is 29.2 Å². The van der Waals surface area contributed by atoms with Gasteiger partial charge in [0.05, 0.1) is 17.2 Å². The third kappa shape index (κ3) is 3.76. The number of para-hydroxylation sites is 1. The molecule has 7 heteroatoms. The van der Waals surface area contributed by atoms with Gasteiger partial charge >= 0.3 is 5.97 Å². The van der Waals surface area contributed by atoms with Crippen LogP contribution in [0.5, 0.6) is 0 Å². The second-order valence-corrected chi connectivity index (χ2v) is 6.79. The van der Waals surface area contributed by atoms with E-state index in [1.807, 2.05) is 13.8 Å². The number of esters is 1. The molecule has 0 aliphatic carbocycles. The first-order valence-electron chi connectivity index (χ1n) is 8.88. The lowest BCUT2D eigenvalue weighted by Gasteiger charge is -2.38. The third-order valence-electron chi connectivity index (χ3n) is 4.87. The Balaban J connectivity index is 1.62. The molecule has 0 radical (unpaired) electrons. The molecule has 3 rings (SSSR count). The number of nitrogens with zero attached hydrogens (tertiary/aromatic N) is 3. The van der Waals surface area contributed by atoms with Crippen molar-refractivity contribution >= 4 is 22.8 Å². The van der Waals surface area contributed by atoms with Crippen molar-refractivity contribution in [1.29, 1.82) is 0 Å². The summed E-state index contributed by atoms with van der Waals surface area (Å²) in [4.78, 5) is 42.8. The quantitative estimate of drug-likeness (QED) is 0.779. The summed E-state index contributed by atoms with van der Waals surface area (Å²) in [6, 6.07) is 7.23. The first-order chi connectivity index (χ1) is 12.5. The lowest BCUT2D eigenvalue weighted by atomic mass is 9.97. The van der Waals surface area contributed by atoms with E-state index in [0.29, 0.717) is 10.9 Å². The van der Waals surface area contributed by atoms with Crippen LogP contribution in [0.4, 0.5) is 0 Å². The number of rotatable bonds is 4. The predicted molar refractivity (Wildman–Crippen MR) is 96.6 cm³/mol. The maximum atomic E-state index is 12.4. The van der Waals surface area contributed by atoms with Crippen LogP contribution >= 0.6 is 0 Å². The van der Waals surface area contributed by atoms with Crippen LogP contribution in [0.25, 0.3) is 10.9 Å². The summed E-state index contributed by atoms with van der Waals surface area (Å²) in [5.74, 6) is -0.822. The van der Waals surface area contributed by atoms with Gasteiger partial charge in [-0.1, -0.05) is 12.1 Å². The first kappa shape index (κ1) is 18.1. The van der Waals surface area contributed by atoms with Gasteiger partial charge in [-0.05, 0) is 45.2 Å². The normalized spacial score (nSPS) is 20.2. The predicted octanol–water partition coefficient (Wildman–Crippen LogP) is 1.73. The summed E-state index contributed by atoms with van der Waals surface area (Å²) in [5.41, 5.74) is 0.266. The number of benzene rings is 1. The first-order valence-corrected chi connectivity index (χ1v) is 8.88. The topological polar surface area (TPSA) is 81.5 Å². The van der Waals surface area contributed by atoms with E-state index in [-0.39, 0.29) is 36.7 Å². The van der Waals surface area contributed by atoms with Gasteiger partial charge in [0.1, 0.15) is 6.54 Å². The van der Waals surface area contributed by atoms with Crippen LogP contribution in [-0.4, -0.2) is 45.0 Å². The number of hydrogen-bond acceptors (Lipinski definition) is 5. The number of fused-ring (bicyclic) bond motifs is 1. The van der Waals surface area contributed by atoms with Crippen molar-refractivity contribution in [3.63, 3.8) is 0 Å². The molecule has 0 saturated carbocycles. The van der Waals surface area contributed by atoms with Crippen LogP contribution in [0, 0.1) is 0 Å². The van der Waals surface area contributed by atoms with Crippen LogP contribution in [0.3, 0.4) is 0 Å². The van der Waals surface area contributed by atoms with E-state index >= 15 is 0 Å². The molecule has 1 amide bonds. The van der Waals surface area contributed by atoms with E-state index in [4.69, 9.17) is 4.74 Å². The number of carbonyl (C=O) groups excluding carboxylic acids is 2. The number of carbonyl (C=O) groups is 2. The van der Waals surface area contributed by atoms with Crippen molar-refractivity contribution in [2.75, 3.05) is 6.61 Å². The van der Waals surface area contributed by atoms with Gasteiger partial charge < -0.3 is 9.64 Å². The van der Waals surface area contributed by atoms with Crippen LogP contribution in [0.15, 0.2) is 35.4 Å². The van der Waals surface area contributed by atoms with Gasteiger partial charge in [-0.25, -0.2) is 4.98 Å². The number of amides is 1. The van der Waals surface area contributed by atoms with E-state index in [0.717, 1.165) is 19.3 Å². The number of likely N-dealkylation sites (tertiary alicyclic amines) is 1. The molecule has 1 aromatic heterocycles. The number of piperidine rings is 1. The summed E-state index contributed by atoms with van der Waals surface area (Å²) in [7, 11) is 0. The van der Waals surface area contributed by atoms with Crippen molar-refractivity contribution < 1.29 is 14.3 Å². The van der Waals surface area contributed by atoms with Crippen molar-refractivity contribution in [2.24, 2.45) is 0 Å². The zero-order valence-electron chi connectivity index (χ0n) is 15.1. The van der Waals surface area contributed by atoms with Crippen LogP contribution < -0.4 is 5.56 Å². The van der Waals surface area contributed by atoms with E-state index in [2.05, 4.69) is 4.98 Å². The molecule has 0 bridgehead atoms. The smallest absolute Gasteiger partial charge is 0.326 e. The molecule has 0 spiro atoms. The monoisotopic (exact) mass is 357 g/mol. The number of aromatic nitrogens is 2. The SMILES string of the molecule is C[C@@H]1CCC[C@@H](C)N1C(=O)COC(=O)Cn1cnc2ccccc2c1=O. The molecule has 7 nitrogen and oxygen atoms in total. The minimum Gasteiger partial charge on any atom is -0.454 e. The maximum Gasteiger partial charge on any atom is 0.326 e. The summed E-state index contributed by atoms with van der Waals surface area (Å²) in [6.07, 6.45) is 4.34. The van der Waals surface area contributed by atoms with Gasteiger partial charge in [0.2, 0.25) is 0 Å². The van der Waals surface area contributed by atoms with Crippen molar-refractivity contribution in [2.45, 2.75) is 51.7 Å². The Bertz CT molecular complexity index is 866. The Morgan fingerprint density at radius 3 is 2.62 bits per heavy atom. The van der Waals surface area contributed by atoms with Gasteiger partial charge in [-0.3, -0.25) is 19.0 Å².